The highest BCUT2D eigenvalue weighted by molar-refractivity contribution is 7.09. The molecular formula is C14H19N3O2S. The summed E-state index contributed by atoms with van der Waals surface area (Å²) >= 11 is 1.55. The van der Waals surface area contributed by atoms with E-state index in [0.717, 1.165) is 23.5 Å². The molecule has 1 aromatic rings. The molecule has 0 unspecified atom stereocenters. The lowest BCUT2D eigenvalue weighted by atomic mass is 9.93. The second kappa shape index (κ2) is 6.17. The van der Waals surface area contributed by atoms with Crippen LogP contribution in [-0.4, -0.2) is 34.3 Å². The summed E-state index contributed by atoms with van der Waals surface area (Å²) in [7, 11) is 0. The summed E-state index contributed by atoms with van der Waals surface area (Å²) in [6.45, 7) is 4.33. The van der Waals surface area contributed by atoms with Gasteiger partial charge < -0.3 is 10.6 Å². The minimum absolute atomic E-state index is 0.0888. The van der Waals surface area contributed by atoms with Crippen LogP contribution in [0.2, 0.25) is 0 Å². The van der Waals surface area contributed by atoms with E-state index in [2.05, 4.69) is 4.98 Å². The second-order valence-electron chi connectivity index (χ2n) is 5.14. The summed E-state index contributed by atoms with van der Waals surface area (Å²) in [5, 5.41) is 2.88. The zero-order chi connectivity index (χ0) is 14.7. The number of piperidine rings is 1. The largest absolute Gasteiger partial charge is 0.369 e. The highest BCUT2D eigenvalue weighted by Gasteiger charge is 2.30. The molecular weight excluding hydrogens is 274 g/mol. The van der Waals surface area contributed by atoms with E-state index in [4.69, 9.17) is 5.73 Å². The van der Waals surface area contributed by atoms with E-state index in [1.54, 1.807) is 22.3 Å². The molecule has 6 heteroatoms. The Kier molecular flexibility index (Phi) is 4.54. The third-order valence-corrected chi connectivity index (χ3v) is 4.39. The van der Waals surface area contributed by atoms with Crippen molar-refractivity contribution in [2.75, 3.05) is 6.54 Å². The minimum Gasteiger partial charge on any atom is -0.369 e. The second-order valence-corrected chi connectivity index (χ2v) is 6.20. The Balaban J connectivity index is 2.03. The van der Waals surface area contributed by atoms with Crippen LogP contribution in [-0.2, 0) is 9.59 Å². The summed E-state index contributed by atoms with van der Waals surface area (Å²) in [6, 6.07) is 0.139. The van der Waals surface area contributed by atoms with Gasteiger partial charge in [0, 0.05) is 24.0 Å². The lowest BCUT2D eigenvalue weighted by molar-refractivity contribution is -0.133. The van der Waals surface area contributed by atoms with Gasteiger partial charge in [0.05, 0.1) is 16.6 Å². The Morgan fingerprint density at radius 3 is 2.85 bits per heavy atom. The molecule has 0 spiro atoms. The van der Waals surface area contributed by atoms with E-state index in [1.165, 1.54) is 6.08 Å². The number of hydrogen-bond donors (Lipinski definition) is 1. The summed E-state index contributed by atoms with van der Waals surface area (Å²) in [5.41, 5.74) is 6.13. The number of likely N-dealkylation sites (tertiary alicyclic amines) is 1. The molecule has 0 saturated carbocycles. The monoisotopic (exact) mass is 293 g/mol. The van der Waals surface area contributed by atoms with Gasteiger partial charge in [-0.2, -0.15) is 0 Å². The fraction of sp³-hybridized carbons (Fsp3) is 0.500. The number of hydrogen-bond acceptors (Lipinski definition) is 4. The first-order valence-corrected chi connectivity index (χ1v) is 7.55. The maximum absolute atomic E-state index is 12.2. The van der Waals surface area contributed by atoms with Gasteiger partial charge in [0.25, 0.3) is 0 Å². The van der Waals surface area contributed by atoms with Gasteiger partial charge in [-0.3, -0.25) is 9.59 Å². The fourth-order valence-corrected chi connectivity index (χ4v) is 2.94. The molecule has 0 aromatic carbocycles. The normalized spacial score (nSPS) is 23.2. The lowest BCUT2D eigenvalue weighted by Gasteiger charge is -2.36. The highest BCUT2D eigenvalue weighted by Crippen LogP contribution is 2.22. The smallest absolute Gasteiger partial charge is 0.246 e. The van der Waals surface area contributed by atoms with E-state index in [9.17, 15) is 9.59 Å². The Morgan fingerprint density at radius 1 is 1.50 bits per heavy atom. The lowest BCUT2D eigenvalue weighted by Crippen LogP contribution is -2.48. The fourth-order valence-electron chi connectivity index (χ4n) is 2.36. The number of rotatable bonds is 3. The first kappa shape index (κ1) is 14.7. The quantitative estimate of drug-likeness (QED) is 0.860. The molecule has 0 radical (unpaired) electrons. The molecule has 108 valence electrons. The van der Waals surface area contributed by atoms with Crippen molar-refractivity contribution >= 4 is 29.2 Å². The predicted molar refractivity (Wildman–Crippen MR) is 79.0 cm³/mol. The van der Waals surface area contributed by atoms with Crippen LogP contribution in [0.1, 0.15) is 30.5 Å². The van der Waals surface area contributed by atoms with Gasteiger partial charge in [-0.05, 0) is 32.8 Å². The van der Waals surface area contributed by atoms with E-state index in [-0.39, 0.29) is 23.8 Å². The number of nitrogens with two attached hydrogens (primary N) is 1. The van der Waals surface area contributed by atoms with Crippen molar-refractivity contribution in [2.24, 2.45) is 11.7 Å². The molecule has 1 saturated heterocycles. The molecule has 1 aliphatic rings. The predicted octanol–water partition coefficient (Wildman–Crippen LogP) is 1.58. The number of aryl methyl sites for hydroxylation is 1. The highest BCUT2D eigenvalue weighted by atomic mass is 32.1. The Morgan fingerprint density at radius 2 is 2.25 bits per heavy atom. The van der Waals surface area contributed by atoms with Crippen molar-refractivity contribution in [1.82, 2.24) is 9.88 Å². The van der Waals surface area contributed by atoms with Gasteiger partial charge in [0.1, 0.15) is 0 Å². The van der Waals surface area contributed by atoms with Crippen LogP contribution >= 0.6 is 11.3 Å². The number of thiazole rings is 1. The number of amides is 2. The third-order valence-electron chi connectivity index (χ3n) is 3.60. The molecule has 20 heavy (non-hydrogen) atoms. The van der Waals surface area contributed by atoms with Crippen LogP contribution in [0.3, 0.4) is 0 Å². The Hall–Kier alpha value is -1.69. The Bertz CT molecular complexity index is 538. The van der Waals surface area contributed by atoms with Crippen molar-refractivity contribution < 1.29 is 9.59 Å². The van der Waals surface area contributed by atoms with Crippen molar-refractivity contribution in [3.63, 3.8) is 0 Å². The summed E-state index contributed by atoms with van der Waals surface area (Å²) < 4.78 is 0. The van der Waals surface area contributed by atoms with Gasteiger partial charge in [0.2, 0.25) is 11.8 Å². The molecule has 0 bridgehead atoms. The Labute approximate surface area is 122 Å². The molecule has 2 amide bonds. The average molecular weight is 293 g/mol. The standard InChI is InChI=1S/C14H19N3O2S/c1-9-3-4-11(14(15)19)7-17(9)13(18)6-5-12-8-20-10(2)16-12/h5-6,8-9,11H,3-4,7H2,1-2H3,(H2,15,19)/b6-5+/t9-,11-/m1/s1. The van der Waals surface area contributed by atoms with E-state index in [0.29, 0.717) is 6.54 Å². The molecule has 2 atom stereocenters. The van der Waals surface area contributed by atoms with Gasteiger partial charge in [0.15, 0.2) is 0 Å². The van der Waals surface area contributed by atoms with Gasteiger partial charge in [-0.15, -0.1) is 11.3 Å². The topological polar surface area (TPSA) is 76.3 Å². The molecule has 2 rings (SSSR count). The van der Waals surface area contributed by atoms with E-state index >= 15 is 0 Å². The first-order chi connectivity index (χ1) is 9.47. The van der Waals surface area contributed by atoms with Gasteiger partial charge >= 0.3 is 0 Å². The maximum atomic E-state index is 12.2. The number of carbonyl (C=O) groups is 2. The molecule has 5 nitrogen and oxygen atoms in total. The van der Waals surface area contributed by atoms with E-state index < -0.39 is 0 Å². The molecule has 1 aliphatic heterocycles. The summed E-state index contributed by atoms with van der Waals surface area (Å²) in [4.78, 5) is 29.5. The van der Waals surface area contributed by atoms with Crippen molar-refractivity contribution in [2.45, 2.75) is 32.7 Å². The third kappa shape index (κ3) is 3.45. The number of nitrogens with zero attached hydrogens (tertiary/aromatic N) is 2. The number of carbonyl (C=O) groups excluding carboxylic acids is 2. The van der Waals surface area contributed by atoms with Crippen LogP contribution in [0.25, 0.3) is 6.08 Å². The minimum atomic E-state index is -0.325. The first-order valence-electron chi connectivity index (χ1n) is 6.67. The average Bonchev–Trinajstić information content (AvgIpc) is 2.82. The van der Waals surface area contributed by atoms with Crippen LogP contribution in [0.15, 0.2) is 11.5 Å². The molecule has 0 aliphatic carbocycles. The molecule has 1 fully saturated rings. The van der Waals surface area contributed by atoms with Crippen LogP contribution in [0.4, 0.5) is 0 Å². The van der Waals surface area contributed by atoms with Crippen molar-refractivity contribution in [1.29, 1.82) is 0 Å². The molecule has 2 heterocycles. The summed E-state index contributed by atoms with van der Waals surface area (Å²) in [6.07, 6.45) is 4.80. The van der Waals surface area contributed by atoms with Crippen LogP contribution in [0, 0.1) is 12.8 Å². The van der Waals surface area contributed by atoms with E-state index in [1.807, 2.05) is 19.2 Å². The number of primary amides is 1. The zero-order valence-corrected chi connectivity index (χ0v) is 12.5. The van der Waals surface area contributed by atoms with Gasteiger partial charge in [-0.25, -0.2) is 4.98 Å². The molecule has 1 aromatic heterocycles. The summed E-state index contributed by atoms with van der Waals surface area (Å²) in [5.74, 6) is -0.645. The SMILES string of the molecule is Cc1nc(/C=C/C(=O)N2C[C@H](C(N)=O)CC[C@H]2C)cs1. The van der Waals surface area contributed by atoms with Crippen LogP contribution in [0.5, 0.6) is 0 Å². The van der Waals surface area contributed by atoms with Gasteiger partial charge in [-0.1, -0.05) is 0 Å². The maximum Gasteiger partial charge on any atom is 0.246 e. The zero-order valence-electron chi connectivity index (χ0n) is 11.7. The van der Waals surface area contributed by atoms with Crippen LogP contribution < -0.4 is 5.73 Å². The van der Waals surface area contributed by atoms with Crippen molar-refractivity contribution in [3.05, 3.63) is 22.2 Å². The number of aromatic nitrogens is 1. The van der Waals surface area contributed by atoms with Crippen molar-refractivity contribution in [3.8, 4) is 0 Å². The molecule has 2 N–H and O–H groups in total.